The van der Waals surface area contributed by atoms with E-state index >= 15 is 0 Å². The van der Waals surface area contributed by atoms with Gasteiger partial charge >= 0.3 is 6.03 Å². The minimum absolute atomic E-state index is 0.198. The van der Waals surface area contributed by atoms with Gasteiger partial charge in [0, 0.05) is 10.9 Å². The number of oxazole rings is 1. The van der Waals surface area contributed by atoms with Crippen molar-refractivity contribution in [2.45, 2.75) is 50.7 Å². The van der Waals surface area contributed by atoms with Crippen molar-refractivity contribution in [1.29, 1.82) is 0 Å². The maximum atomic E-state index is 12.3. The Morgan fingerprint density at radius 3 is 2.79 bits per heavy atom. The summed E-state index contributed by atoms with van der Waals surface area (Å²) in [6, 6.07) is 3.67. The molecule has 0 atom stereocenters. The van der Waals surface area contributed by atoms with E-state index in [1.54, 1.807) is 6.20 Å². The SMILES string of the molecule is O=C1Nc2c(Cl)cc3cc(CNCc4cnco4)oc3c2C2(CCCCC2)N1. The van der Waals surface area contributed by atoms with Gasteiger partial charge in [0.2, 0.25) is 0 Å². The molecule has 2 amide bonds. The highest BCUT2D eigenvalue weighted by Crippen LogP contribution is 2.48. The Bertz CT molecular complexity index is 1020. The van der Waals surface area contributed by atoms with Crippen LogP contribution in [0.25, 0.3) is 11.0 Å². The normalized spacial score (nSPS) is 18.1. The van der Waals surface area contributed by atoms with Crippen molar-refractivity contribution >= 4 is 34.3 Å². The van der Waals surface area contributed by atoms with Crippen molar-refractivity contribution in [3.63, 3.8) is 0 Å². The van der Waals surface area contributed by atoms with Gasteiger partial charge in [0.05, 0.1) is 35.5 Å². The maximum Gasteiger partial charge on any atom is 0.319 e. The summed E-state index contributed by atoms with van der Waals surface area (Å²) in [5.41, 5.74) is 2.04. The van der Waals surface area contributed by atoms with E-state index in [1.165, 1.54) is 12.8 Å². The average Bonchev–Trinajstić information content (AvgIpc) is 3.32. The molecule has 1 fully saturated rings. The Morgan fingerprint density at radius 2 is 2.00 bits per heavy atom. The first kappa shape index (κ1) is 17.6. The van der Waals surface area contributed by atoms with Crippen molar-refractivity contribution < 1.29 is 13.6 Å². The summed E-state index contributed by atoms with van der Waals surface area (Å²) in [5.74, 6) is 1.58. The zero-order valence-electron chi connectivity index (χ0n) is 15.3. The van der Waals surface area contributed by atoms with Crippen LogP contribution in [-0.2, 0) is 18.6 Å². The number of fused-ring (bicyclic) bond motifs is 4. The fourth-order valence-corrected chi connectivity index (χ4v) is 4.72. The van der Waals surface area contributed by atoms with Crippen LogP contribution in [0.3, 0.4) is 0 Å². The number of urea groups is 1. The average molecular weight is 401 g/mol. The number of benzene rings is 1. The Kier molecular flexibility index (Phi) is 4.29. The summed E-state index contributed by atoms with van der Waals surface area (Å²) in [6.07, 6.45) is 8.20. The van der Waals surface area contributed by atoms with Gasteiger partial charge in [-0.2, -0.15) is 0 Å². The molecule has 1 aliphatic carbocycles. The lowest BCUT2D eigenvalue weighted by Gasteiger charge is -2.42. The van der Waals surface area contributed by atoms with Gasteiger partial charge in [0.15, 0.2) is 6.39 Å². The van der Waals surface area contributed by atoms with E-state index in [0.717, 1.165) is 53.7 Å². The van der Waals surface area contributed by atoms with Gasteiger partial charge in [-0.1, -0.05) is 30.9 Å². The van der Waals surface area contributed by atoms with Crippen LogP contribution in [0.5, 0.6) is 0 Å². The zero-order chi connectivity index (χ0) is 19.1. The lowest BCUT2D eigenvalue weighted by molar-refractivity contribution is 0.209. The first-order valence-electron chi connectivity index (χ1n) is 9.57. The molecule has 28 heavy (non-hydrogen) atoms. The molecule has 0 unspecified atom stereocenters. The van der Waals surface area contributed by atoms with E-state index in [1.807, 2.05) is 12.1 Å². The molecule has 3 heterocycles. The summed E-state index contributed by atoms with van der Waals surface area (Å²) >= 11 is 6.55. The highest BCUT2D eigenvalue weighted by Gasteiger charge is 2.43. The smallest absolute Gasteiger partial charge is 0.319 e. The third-order valence-corrected chi connectivity index (χ3v) is 5.97. The summed E-state index contributed by atoms with van der Waals surface area (Å²) in [4.78, 5) is 16.2. The van der Waals surface area contributed by atoms with Gasteiger partial charge in [-0.25, -0.2) is 9.78 Å². The van der Waals surface area contributed by atoms with E-state index in [2.05, 4.69) is 20.9 Å². The Morgan fingerprint density at radius 1 is 1.18 bits per heavy atom. The summed E-state index contributed by atoms with van der Waals surface area (Å²) in [5, 5.41) is 10.8. The predicted molar refractivity (Wildman–Crippen MR) is 105 cm³/mol. The molecule has 2 aromatic heterocycles. The highest BCUT2D eigenvalue weighted by molar-refractivity contribution is 6.35. The number of aromatic nitrogens is 1. The van der Waals surface area contributed by atoms with E-state index in [4.69, 9.17) is 20.4 Å². The van der Waals surface area contributed by atoms with Gasteiger partial charge in [-0.05, 0) is 25.0 Å². The number of rotatable bonds is 4. The van der Waals surface area contributed by atoms with Crippen LogP contribution in [0, 0.1) is 0 Å². The molecule has 1 aromatic carbocycles. The Labute approximate surface area is 166 Å². The van der Waals surface area contributed by atoms with E-state index in [9.17, 15) is 4.79 Å². The first-order valence-corrected chi connectivity index (χ1v) is 9.95. The molecule has 2 aliphatic rings. The van der Waals surface area contributed by atoms with Crippen LogP contribution in [0.1, 0.15) is 49.2 Å². The molecule has 0 saturated heterocycles. The van der Waals surface area contributed by atoms with E-state index in [0.29, 0.717) is 23.8 Å². The number of hydrogen-bond donors (Lipinski definition) is 3. The molecule has 3 aromatic rings. The van der Waals surface area contributed by atoms with Gasteiger partial charge in [-0.15, -0.1) is 0 Å². The molecule has 0 bridgehead atoms. The quantitative estimate of drug-likeness (QED) is 0.592. The first-order chi connectivity index (χ1) is 13.6. The number of nitrogens with zero attached hydrogens (tertiary/aromatic N) is 1. The van der Waals surface area contributed by atoms with Crippen LogP contribution in [0.4, 0.5) is 10.5 Å². The van der Waals surface area contributed by atoms with Crippen molar-refractivity contribution in [1.82, 2.24) is 15.6 Å². The van der Waals surface area contributed by atoms with Gasteiger partial charge in [0.25, 0.3) is 0 Å². The molecular weight excluding hydrogens is 380 g/mol. The molecule has 0 radical (unpaired) electrons. The summed E-state index contributed by atoms with van der Waals surface area (Å²) in [7, 11) is 0. The molecule has 3 N–H and O–H groups in total. The van der Waals surface area contributed by atoms with E-state index < -0.39 is 5.54 Å². The zero-order valence-corrected chi connectivity index (χ0v) is 16.1. The number of halogens is 1. The third-order valence-electron chi connectivity index (χ3n) is 5.67. The monoisotopic (exact) mass is 400 g/mol. The fourth-order valence-electron chi connectivity index (χ4n) is 4.46. The number of nitrogens with one attached hydrogen (secondary N) is 3. The molecule has 146 valence electrons. The van der Waals surface area contributed by atoms with Crippen molar-refractivity contribution in [2.24, 2.45) is 0 Å². The maximum absolute atomic E-state index is 12.3. The van der Waals surface area contributed by atoms with E-state index in [-0.39, 0.29) is 6.03 Å². The molecular formula is C20H21ClN4O3. The van der Waals surface area contributed by atoms with Crippen LogP contribution >= 0.6 is 11.6 Å². The summed E-state index contributed by atoms with van der Waals surface area (Å²) in [6.45, 7) is 1.12. The van der Waals surface area contributed by atoms with Crippen LogP contribution < -0.4 is 16.0 Å². The van der Waals surface area contributed by atoms with Crippen LogP contribution in [0.15, 0.2) is 33.6 Å². The molecule has 8 heteroatoms. The molecule has 1 spiro atoms. The lowest BCUT2D eigenvalue weighted by atomic mass is 9.74. The Balaban J connectivity index is 1.52. The third kappa shape index (κ3) is 2.95. The Hall–Kier alpha value is -2.51. The minimum atomic E-state index is -0.415. The number of amides is 2. The number of furan rings is 1. The largest absolute Gasteiger partial charge is 0.459 e. The van der Waals surface area contributed by atoms with Crippen molar-refractivity contribution in [3.05, 3.63) is 46.8 Å². The summed E-state index contributed by atoms with van der Waals surface area (Å²) < 4.78 is 11.5. The topological polar surface area (TPSA) is 92.3 Å². The van der Waals surface area contributed by atoms with Crippen molar-refractivity contribution in [2.75, 3.05) is 5.32 Å². The molecule has 1 saturated carbocycles. The second-order valence-corrected chi connectivity index (χ2v) is 7.94. The lowest BCUT2D eigenvalue weighted by Crippen LogP contribution is -2.52. The fraction of sp³-hybridized carbons (Fsp3) is 0.400. The van der Waals surface area contributed by atoms with Crippen LogP contribution in [-0.4, -0.2) is 11.0 Å². The standard InChI is InChI=1S/C20H21ClN4O3/c21-15-7-12-6-13(8-22-9-14-10-23-11-27-14)28-18(12)16-17(15)24-19(26)25-20(16)4-2-1-3-5-20/h6-7,10-11,22H,1-5,8-9H2,(H2,24,25,26). The van der Waals surface area contributed by atoms with Gasteiger partial charge in [0.1, 0.15) is 17.1 Å². The molecule has 5 rings (SSSR count). The predicted octanol–water partition coefficient (Wildman–Crippen LogP) is 4.66. The van der Waals surface area contributed by atoms with Gasteiger partial charge < -0.3 is 24.8 Å². The number of hydrogen-bond acceptors (Lipinski definition) is 5. The minimum Gasteiger partial charge on any atom is -0.459 e. The molecule has 7 nitrogen and oxygen atoms in total. The second-order valence-electron chi connectivity index (χ2n) is 7.53. The highest BCUT2D eigenvalue weighted by atomic mass is 35.5. The number of carbonyl (C=O) groups is 1. The molecule has 1 aliphatic heterocycles. The van der Waals surface area contributed by atoms with Gasteiger partial charge in [-0.3, -0.25) is 0 Å². The second kappa shape index (κ2) is 6.83. The number of anilines is 1. The number of carbonyl (C=O) groups excluding carboxylic acids is 1. The van der Waals surface area contributed by atoms with Crippen LogP contribution in [0.2, 0.25) is 5.02 Å². The van der Waals surface area contributed by atoms with Crippen molar-refractivity contribution in [3.8, 4) is 0 Å².